The molecule has 0 amide bonds. The normalized spacial score (nSPS) is 11.0. The van der Waals surface area contributed by atoms with E-state index in [4.69, 9.17) is 0 Å². The first-order valence-electron chi connectivity index (χ1n) is 7.40. The monoisotopic (exact) mass is 320 g/mol. The number of phenols is 2. The minimum atomic E-state index is -0.561. The van der Waals surface area contributed by atoms with E-state index in [9.17, 15) is 14.6 Å². The van der Waals surface area contributed by atoms with Gasteiger partial charge < -0.3 is 10.2 Å². The molecule has 0 aliphatic rings. The molecular weight excluding hydrogens is 307 g/mol. The Labute approximate surface area is 137 Å². The topological polar surface area (TPSA) is 57.8 Å². The number of para-hydroxylation sites is 1. The standard InChI is InChI=1S/C19H13FN2O2/c20-13-7-5-10-16(24)17(13)19-21-18(12-6-1-2-9-15(12)23)14-8-3-4-11-22(14)19/h1-11,23-24H. The molecule has 0 atom stereocenters. The van der Waals surface area contributed by atoms with Crippen LogP contribution in [0.1, 0.15) is 0 Å². The predicted octanol–water partition coefficient (Wildman–Crippen LogP) is 4.22. The van der Waals surface area contributed by atoms with Crippen molar-refractivity contribution in [1.29, 1.82) is 0 Å². The molecular formula is C19H13FN2O2. The maximum atomic E-state index is 14.3. The molecule has 0 aliphatic carbocycles. The largest absolute Gasteiger partial charge is 0.507 e. The molecule has 0 saturated carbocycles. The van der Waals surface area contributed by atoms with Crippen LogP contribution in [-0.2, 0) is 0 Å². The van der Waals surface area contributed by atoms with Crippen LogP contribution in [0.2, 0.25) is 0 Å². The summed E-state index contributed by atoms with van der Waals surface area (Å²) >= 11 is 0. The fraction of sp³-hybridized carbons (Fsp3) is 0. The van der Waals surface area contributed by atoms with Crippen LogP contribution in [0.25, 0.3) is 28.2 Å². The average molecular weight is 320 g/mol. The average Bonchev–Trinajstić information content (AvgIpc) is 2.95. The molecule has 0 fully saturated rings. The summed E-state index contributed by atoms with van der Waals surface area (Å²) in [5.41, 5.74) is 1.80. The van der Waals surface area contributed by atoms with Crippen LogP contribution in [0.4, 0.5) is 4.39 Å². The van der Waals surface area contributed by atoms with E-state index < -0.39 is 5.82 Å². The van der Waals surface area contributed by atoms with Crippen LogP contribution in [-0.4, -0.2) is 19.6 Å². The summed E-state index contributed by atoms with van der Waals surface area (Å²) in [5, 5.41) is 20.2. The summed E-state index contributed by atoms with van der Waals surface area (Å²) in [6.07, 6.45) is 1.74. The van der Waals surface area contributed by atoms with Crippen molar-refractivity contribution in [2.75, 3.05) is 0 Å². The molecule has 5 heteroatoms. The Kier molecular flexibility index (Phi) is 3.20. The Morgan fingerprint density at radius 3 is 2.38 bits per heavy atom. The summed E-state index contributed by atoms with van der Waals surface area (Å²) in [5.74, 6) is -0.380. The highest BCUT2D eigenvalue weighted by Crippen LogP contribution is 2.37. The van der Waals surface area contributed by atoms with Gasteiger partial charge in [0, 0.05) is 11.8 Å². The number of benzene rings is 2. The smallest absolute Gasteiger partial charge is 0.152 e. The Bertz CT molecular complexity index is 1040. The first-order chi connectivity index (χ1) is 11.7. The number of aromatic nitrogens is 2. The van der Waals surface area contributed by atoms with Crippen LogP contribution in [0.15, 0.2) is 66.9 Å². The van der Waals surface area contributed by atoms with Gasteiger partial charge in [-0.25, -0.2) is 9.37 Å². The molecule has 118 valence electrons. The molecule has 2 aromatic heterocycles. The van der Waals surface area contributed by atoms with Gasteiger partial charge >= 0.3 is 0 Å². The van der Waals surface area contributed by atoms with Gasteiger partial charge in [-0.05, 0) is 36.4 Å². The van der Waals surface area contributed by atoms with Crippen molar-refractivity contribution in [1.82, 2.24) is 9.38 Å². The molecule has 2 N–H and O–H groups in total. The molecule has 2 heterocycles. The molecule has 24 heavy (non-hydrogen) atoms. The molecule has 4 rings (SSSR count). The van der Waals surface area contributed by atoms with Gasteiger partial charge in [0.05, 0.1) is 11.1 Å². The maximum Gasteiger partial charge on any atom is 0.152 e. The van der Waals surface area contributed by atoms with Crippen molar-refractivity contribution in [2.45, 2.75) is 0 Å². The zero-order valence-electron chi connectivity index (χ0n) is 12.5. The zero-order chi connectivity index (χ0) is 16.7. The van der Waals surface area contributed by atoms with E-state index in [-0.39, 0.29) is 22.9 Å². The first kappa shape index (κ1) is 14.3. The number of imidazole rings is 1. The number of pyridine rings is 1. The third-order valence-electron chi connectivity index (χ3n) is 3.92. The molecule has 0 spiro atoms. The van der Waals surface area contributed by atoms with E-state index in [0.717, 1.165) is 0 Å². The highest BCUT2D eigenvalue weighted by Gasteiger charge is 2.20. The number of fused-ring (bicyclic) bond motifs is 1. The van der Waals surface area contributed by atoms with Crippen molar-refractivity contribution in [3.8, 4) is 34.1 Å². The van der Waals surface area contributed by atoms with E-state index in [1.807, 2.05) is 12.1 Å². The summed E-state index contributed by atoms with van der Waals surface area (Å²) in [7, 11) is 0. The second-order valence-corrected chi connectivity index (χ2v) is 5.39. The highest BCUT2D eigenvalue weighted by molar-refractivity contribution is 5.85. The Morgan fingerprint density at radius 2 is 1.58 bits per heavy atom. The number of phenolic OH excluding ortho intramolecular Hbond substituents is 2. The second-order valence-electron chi connectivity index (χ2n) is 5.39. The third-order valence-corrected chi connectivity index (χ3v) is 3.92. The van der Waals surface area contributed by atoms with E-state index in [1.54, 1.807) is 40.9 Å². The Balaban J connectivity index is 2.08. The number of halogens is 1. The van der Waals surface area contributed by atoms with Gasteiger partial charge in [0.2, 0.25) is 0 Å². The van der Waals surface area contributed by atoms with E-state index in [2.05, 4.69) is 4.98 Å². The lowest BCUT2D eigenvalue weighted by molar-refractivity contribution is 0.471. The molecule has 4 aromatic rings. The van der Waals surface area contributed by atoms with Gasteiger partial charge in [-0.2, -0.15) is 0 Å². The molecule has 0 saturated heterocycles. The van der Waals surface area contributed by atoms with Crippen molar-refractivity contribution in [2.24, 2.45) is 0 Å². The van der Waals surface area contributed by atoms with E-state index in [1.165, 1.54) is 18.2 Å². The van der Waals surface area contributed by atoms with Crippen LogP contribution in [0, 0.1) is 5.82 Å². The van der Waals surface area contributed by atoms with Crippen molar-refractivity contribution in [3.05, 3.63) is 72.7 Å². The number of hydrogen-bond acceptors (Lipinski definition) is 3. The quantitative estimate of drug-likeness (QED) is 0.581. The molecule has 0 radical (unpaired) electrons. The third kappa shape index (κ3) is 2.10. The number of aromatic hydroxyl groups is 2. The molecule has 0 bridgehead atoms. The van der Waals surface area contributed by atoms with Crippen LogP contribution in [0.5, 0.6) is 11.5 Å². The summed E-state index contributed by atoms with van der Waals surface area (Å²) in [6.45, 7) is 0. The Hall–Kier alpha value is -3.34. The van der Waals surface area contributed by atoms with Gasteiger partial charge in [-0.1, -0.05) is 24.3 Å². The first-order valence-corrected chi connectivity index (χ1v) is 7.40. The fourth-order valence-corrected chi connectivity index (χ4v) is 2.82. The summed E-state index contributed by atoms with van der Waals surface area (Å²) < 4.78 is 16.0. The van der Waals surface area contributed by atoms with Gasteiger partial charge in [0.25, 0.3) is 0 Å². The second kappa shape index (κ2) is 5.38. The number of hydrogen-bond donors (Lipinski definition) is 2. The van der Waals surface area contributed by atoms with E-state index in [0.29, 0.717) is 16.8 Å². The SMILES string of the molecule is Oc1ccccc1-c1nc(-c2c(O)cccc2F)n2ccccc12. The molecule has 0 aliphatic heterocycles. The van der Waals surface area contributed by atoms with Crippen molar-refractivity contribution in [3.63, 3.8) is 0 Å². The van der Waals surface area contributed by atoms with Gasteiger partial charge in [0.15, 0.2) is 5.82 Å². The maximum absolute atomic E-state index is 14.3. The highest BCUT2D eigenvalue weighted by atomic mass is 19.1. The minimum absolute atomic E-state index is 0.0281. The minimum Gasteiger partial charge on any atom is -0.507 e. The van der Waals surface area contributed by atoms with Gasteiger partial charge in [0.1, 0.15) is 23.0 Å². The molecule has 2 aromatic carbocycles. The fourth-order valence-electron chi connectivity index (χ4n) is 2.82. The van der Waals surface area contributed by atoms with Crippen molar-refractivity contribution >= 4 is 5.52 Å². The van der Waals surface area contributed by atoms with Crippen LogP contribution < -0.4 is 0 Å². The lowest BCUT2D eigenvalue weighted by Gasteiger charge is -2.04. The summed E-state index contributed by atoms with van der Waals surface area (Å²) in [4.78, 5) is 4.52. The molecule has 4 nitrogen and oxygen atoms in total. The van der Waals surface area contributed by atoms with Crippen LogP contribution in [0.3, 0.4) is 0 Å². The van der Waals surface area contributed by atoms with Gasteiger partial charge in [-0.15, -0.1) is 0 Å². The predicted molar refractivity (Wildman–Crippen MR) is 89.4 cm³/mol. The van der Waals surface area contributed by atoms with Crippen LogP contribution >= 0.6 is 0 Å². The summed E-state index contributed by atoms with van der Waals surface area (Å²) in [6, 6.07) is 16.4. The Morgan fingerprint density at radius 1 is 0.833 bits per heavy atom. The number of rotatable bonds is 2. The van der Waals surface area contributed by atoms with Crippen molar-refractivity contribution < 1.29 is 14.6 Å². The zero-order valence-corrected chi connectivity index (χ0v) is 12.5. The van der Waals surface area contributed by atoms with Gasteiger partial charge in [-0.3, -0.25) is 4.40 Å². The molecule has 0 unspecified atom stereocenters. The van der Waals surface area contributed by atoms with E-state index >= 15 is 0 Å². The lowest BCUT2D eigenvalue weighted by Crippen LogP contribution is -1.92. The lowest BCUT2D eigenvalue weighted by atomic mass is 10.1. The number of nitrogens with zero attached hydrogens (tertiary/aromatic N) is 2.